The maximum atomic E-state index is 5.99. The molecular weight excluding hydrogens is 256 g/mol. The second-order valence-corrected chi connectivity index (χ2v) is 5.92. The number of hydrogen-bond donors (Lipinski definition) is 0. The maximum absolute atomic E-state index is 5.99. The van der Waals surface area contributed by atoms with Crippen molar-refractivity contribution in [2.75, 3.05) is 12.4 Å². The van der Waals surface area contributed by atoms with E-state index < -0.39 is 0 Å². The van der Waals surface area contributed by atoms with Gasteiger partial charge in [0.2, 0.25) is 0 Å². The van der Waals surface area contributed by atoms with E-state index in [2.05, 4.69) is 23.8 Å². The van der Waals surface area contributed by atoms with Gasteiger partial charge in [0.1, 0.15) is 16.0 Å². The van der Waals surface area contributed by atoms with E-state index in [-0.39, 0.29) is 0 Å². The van der Waals surface area contributed by atoms with Crippen LogP contribution in [0.5, 0.6) is 0 Å². The smallest absolute Gasteiger partial charge is 0.133 e. The second-order valence-electron chi connectivity index (χ2n) is 4.49. The first kappa shape index (κ1) is 13.1. The standard InChI is InChI=1S/C12H17ClN2OS/c1-8(2)12-14-10(13)6-11(15-12)17-7-9-4-3-5-16-9/h6,8-9H,3-5,7H2,1-2H3. The second kappa shape index (κ2) is 6.03. The Balaban J connectivity index is 1.99. The molecule has 0 spiro atoms. The molecule has 1 aromatic rings. The van der Waals surface area contributed by atoms with Crippen LogP contribution in [0.4, 0.5) is 0 Å². The third-order valence-corrected chi connectivity index (χ3v) is 3.88. The molecule has 1 aromatic heterocycles. The fraction of sp³-hybridized carbons (Fsp3) is 0.667. The molecule has 5 heteroatoms. The molecule has 0 aliphatic carbocycles. The molecule has 1 fully saturated rings. The highest BCUT2D eigenvalue weighted by molar-refractivity contribution is 7.99. The van der Waals surface area contributed by atoms with E-state index in [1.807, 2.05) is 6.07 Å². The third-order valence-electron chi connectivity index (χ3n) is 2.65. The van der Waals surface area contributed by atoms with Crippen molar-refractivity contribution in [3.05, 3.63) is 17.0 Å². The van der Waals surface area contributed by atoms with Gasteiger partial charge in [0.05, 0.1) is 6.10 Å². The van der Waals surface area contributed by atoms with E-state index in [1.54, 1.807) is 11.8 Å². The molecular formula is C12H17ClN2OS. The van der Waals surface area contributed by atoms with Gasteiger partial charge in [-0.05, 0) is 12.8 Å². The first-order valence-electron chi connectivity index (χ1n) is 5.94. The summed E-state index contributed by atoms with van der Waals surface area (Å²) in [6.45, 7) is 5.04. The molecule has 1 saturated heterocycles. The largest absolute Gasteiger partial charge is 0.377 e. The molecule has 0 amide bonds. The summed E-state index contributed by atoms with van der Waals surface area (Å²) < 4.78 is 5.59. The van der Waals surface area contributed by atoms with Crippen LogP contribution in [0.1, 0.15) is 38.4 Å². The lowest BCUT2D eigenvalue weighted by Gasteiger charge is -2.10. The van der Waals surface area contributed by atoms with Crippen molar-refractivity contribution < 1.29 is 4.74 Å². The first-order valence-corrected chi connectivity index (χ1v) is 7.30. The van der Waals surface area contributed by atoms with Gasteiger partial charge in [0, 0.05) is 24.3 Å². The highest BCUT2D eigenvalue weighted by atomic mass is 35.5. The van der Waals surface area contributed by atoms with Gasteiger partial charge in [-0.25, -0.2) is 9.97 Å². The minimum absolute atomic E-state index is 0.302. The van der Waals surface area contributed by atoms with Gasteiger partial charge < -0.3 is 4.74 Å². The summed E-state index contributed by atoms with van der Waals surface area (Å²) in [4.78, 5) is 8.73. The van der Waals surface area contributed by atoms with Crippen molar-refractivity contribution in [2.24, 2.45) is 0 Å². The Morgan fingerprint density at radius 3 is 3.00 bits per heavy atom. The monoisotopic (exact) mass is 272 g/mol. The lowest BCUT2D eigenvalue weighted by Crippen LogP contribution is -2.08. The number of thioether (sulfide) groups is 1. The average Bonchev–Trinajstić information content (AvgIpc) is 2.78. The summed E-state index contributed by atoms with van der Waals surface area (Å²) in [6, 6.07) is 1.83. The van der Waals surface area contributed by atoms with Crippen molar-refractivity contribution >= 4 is 23.4 Å². The predicted octanol–water partition coefficient (Wildman–Crippen LogP) is 3.52. The zero-order valence-corrected chi connectivity index (χ0v) is 11.7. The average molecular weight is 273 g/mol. The number of ether oxygens (including phenoxy) is 1. The number of aromatic nitrogens is 2. The molecule has 0 aromatic carbocycles. The van der Waals surface area contributed by atoms with Crippen LogP contribution in [0.25, 0.3) is 0 Å². The highest BCUT2D eigenvalue weighted by Gasteiger charge is 2.16. The van der Waals surface area contributed by atoms with Crippen molar-refractivity contribution in [1.82, 2.24) is 9.97 Å². The van der Waals surface area contributed by atoms with Crippen LogP contribution >= 0.6 is 23.4 Å². The molecule has 94 valence electrons. The molecule has 0 N–H and O–H groups in total. The molecule has 1 atom stereocenters. The van der Waals surface area contributed by atoms with Gasteiger partial charge in [0.25, 0.3) is 0 Å². The molecule has 17 heavy (non-hydrogen) atoms. The Kier molecular flexibility index (Phi) is 4.65. The van der Waals surface area contributed by atoms with E-state index in [4.69, 9.17) is 16.3 Å². The van der Waals surface area contributed by atoms with Gasteiger partial charge in [-0.2, -0.15) is 0 Å². The Labute approximate surface area is 111 Å². The molecule has 1 aliphatic rings. The Morgan fingerprint density at radius 1 is 1.53 bits per heavy atom. The highest BCUT2D eigenvalue weighted by Crippen LogP contribution is 2.25. The van der Waals surface area contributed by atoms with E-state index in [9.17, 15) is 0 Å². The van der Waals surface area contributed by atoms with Crippen LogP contribution in [0.2, 0.25) is 5.15 Å². The maximum Gasteiger partial charge on any atom is 0.133 e. The fourth-order valence-electron chi connectivity index (χ4n) is 1.70. The summed E-state index contributed by atoms with van der Waals surface area (Å²) in [5.74, 6) is 2.06. The van der Waals surface area contributed by atoms with E-state index in [0.717, 1.165) is 29.6 Å². The van der Waals surface area contributed by atoms with Crippen LogP contribution in [0.15, 0.2) is 11.1 Å². The predicted molar refractivity (Wildman–Crippen MR) is 70.8 cm³/mol. The molecule has 0 bridgehead atoms. The Bertz CT molecular complexity index is 381. The minimum Gasteiger partial charge on any atom is -0.377 e. The minimum atomic E-state index is 0.302. The Morgan fingerprint density at radius 2 is 2.35 bits per heavy atom. The lowest BCUT2D eigenvalue weighted by molar-refractivity contribution is 0.129. The molecule has 3 nitrogen and oxygen atoms in total. The zero-order valence-electron chi connectivity index (χ0n) is 10.1. The topological polar surface area (TPSA) is 35.0 Å². The van der Waals surface area contributed by atoms with Crippen LogP contribution in [0, 0.1) is 0 Å². The number of hydrogen-bond acceptors (Lipinski definition) is 4. The Hall–Kier alpha value is -0.320. The van der Waals surface area contributed by atoms with Gasteiger partial charge in [0.15, 0.2) is 0 Å². The summed E-state index contributed by atoms with van der Waals surface area (Å²) in [6.07, 6.45) is 2.70. The number of rotatable bonds is 4. The van der Waals surface area contributed by atoms with Crippen LogP contribution < -0.4 is 0 Å². The zero-order chi connectivity index (χ0) is 12.3. The molecule has 0 saturated carbocycles. The van der Waals surface area contributed by atoms with Gasteiger partial charge in [-0.15, -0.1) is 11.8 Å². The van der Waals surface area contributed by atoms with Crippen molar-refractivity contribution in [3.63, 3.8) is 0 Å². The van der Waals surface area contributed by atoms with Crippen LogP contribution in [-0.4, -0.2) is 28.4 Å². The number of halogens is 1. The fourth-order valence-corrected chi connectivity index (χ4v) is 2.93. The normalized spacial score (nSPS) is 20.1. The summed E-state index contributed by atoms with van der Waals surface area (Å²) >= 11 is 7.70. The summed E-state index contributed by atoms with van der Waals surface area (Å²) in [5, 5.41) is 1.47. The SMILES string of the molecule is CC(C)c1nc(Cl)cc(SCC2CCCO2)n1. The molecule has 1 unspecified atom stereocenters. The van der Waals surface area contributed by atoms with Crippen LogP contribution in [0.3, 0.4) is 0 Å². The van der Waals surface area contributed by atoms with Gasteiger partial charge >= 0.3 is 0 Å². The lowest BCUT2D eigenvalue weighted by atomic mass is 10.2. The van der Waals surface area contributed by atoms with Crippen molar-refractivity contribution in [2.45, 2.75) is 43.7 Å². The summed E-state index contributed by atoms with van der Waals surface area (Å²) in [5.41, 5.74) is 0. The molecule has 2 rings (SSSR count). The van der Waals surface area contributed by atoms with E-state index >= 15 is 0 Å². The summed E-state index contributed by atoms with van der Waals surface area (Å²) in [7, 11) is 0. The quantitative estimate of drug-likeness (QED) is 0.620. The first-order chi connectivity index (χ1) is 8.15. The molecule has 1 aliphatic heterocycles. The van der Waals surface area contributed by atoms with E-state index in [0.29, 0.717) is 17.2 Å². The van der Waals surface area contributed by atoms with Gasteiger partial charge in [-0.3, -0.25) is 0 Å². The van der Waals surface area contributed by atoms with Crippen LogP contribution in [-0.2, 0) is 4.74 Å². The number of nitrogens with zero attached hydrogens (tertiary/aromatic N) is 2. The third kappa shape index (κ3) is 3.83. The molecule has 0 radical (unpaired) electrons. The van der Waals surface area contributed by atoms with Crippen molar-refractivity contribution in [3.8, 4) is 0 Å². The van der Waals surface area contributed by atoms with E-state index in [1.165, 1.54) is 6.42 Å². The van der Waals surface area contributed by atoms with Crippen molar-refractivity contribution in [1.29, 1.82) is 0 Å². The molecule has 2 heterocycles. The van der Waals surface area contributed by atoms with Gasteiger partial charge in [-0.1, -0.05) is 25.4 Å².